The van der Waals surface area contributed by atoms with Gasteiger partial charge in [0.25, 0.3) is 0 Å². The molecule has 0 aliphatic carbocycles. The highest BCUT2D eigenvalue weighted by Gasteiger charge is 2.35. The van der Waals surface area contributed by atoms with Crippen LogP contribution < -0.4 is 5.46 Å². The zero-order valence-electron chi connectivity index (χ0n) is 21.1. The molecule has 0 atom stereocenters. The van der Waals surface area contributed by atoms with E-state index in [0.29, 0.717) is 7.48 Å². The summed E-state index contributed by atoms with van der Waals surface area (Å²) in [6.07, 6.45) is 0. The molecule has 0 saturated heterocycles. The lowest BCUT2D eigenvalue weighted by Gasteiger charge is -2.37. The van der Waals surface area contributed by atoms with Crippen molar-refractivity contribution in [1.82, 2.24) is 0 Å². The maximum atomic E-state index is 10.5. The predicted molar refractivity (Wildman–Crippen MR) is 158 cm³/mol. The molecule has 0 saturated carbocycles. The molecule has 0 bridgehead atoms. The maximum absolute atomic E-state index is 10.5. The molecule has 178 valence electrons. The van der Waals surface area contributed by atoms with E-state index < -0.39 is 11.2 Å². The van der Waals surface area contributed by atoms with Crippen LogP contribution in [-0.4, -0.2) is 23.8 Å². The van der Waals surface area contributed by atoms with Crippen molar-refractivity contribution in [1.29, 1.82) is 0 Å². The lowest BCUT2D eigenvalue weighted by atomic mass is 9.82. The molecule has 2 nitrogen and oxygen atoms in total. The first-order chi connectivity index (χ1) is 17.2. The van der Waals surface area contributed by atoms with Crippen LogP contribution >= 0.6 is 11.3 Å². The number of thiophene rings is 1. The Bertz CT molecular complexity index is 1760. The summed E-state index contributed by atoms with van der Waals surface area (Å²) in [5.41, 5.74) is 2.04. The maximum Gasteiger partial charge on any atom is 0.310 e. The van der Waals surface area contributed by atoms with Gasteiger partial charge in [-0.25, -0.2) is 0 Å². The van der Waals surface area contributed by atoms with E-state index in [1.54, 1.807) is 13.8 Å². The van der Waals surface area contributed by atoms with Crippen molar-refractivity contribution < 1.29 is 9.76 Å². The van der Waals surface area contributed by atoms with E-state index in [1.807, 2.05) is 25.2 Å². The van der Waals surface area contributed by atoms with E-state index in [4.69, 9.17) is 4.65 Å². The minimum Gasteiger partial charge on any atom is -0.427 e. The van der Waals surface area contributed by atoms with Gasteiger partial charge in [-0.05, 0) is 78.0 Å². The first-order valence-electron chi connectivity index (χ1n) is 12.4. The summed E-state index contributed by atoms with van der Waals surface area (Å²) in [5, 5.41) is 18.2. The smallest absolute Gasteiger partial charge is 0.310 e. The first-order valence-corrected chi connectivity index (χ1v) is 13.3. The third kappa shape index (κ3) is 3.81. The number of hydrogen-bond donors (Lipinski definition) is 1. The van der Waals surface area contributed by atoms with Gasteiger partial charge in [0.2, 0.25) is 0 Å². The molecular weight excluding hydrogens is 459 g/mol. The molecule has 0 radical (unpaired) electrons. The normalized spacial score (nSPS) is 12.7. The quantitative estimate of drug-likeness (QED) is 0.200. The number of fused-ring (bicyclic) bond motifs is 6. The molecule has 1 heterocycles. The molecule has 0 unspecified atom stereocenters. The van der Waals surface area contributed by atoms with E-state index in [0.717, 1.165) is 5.46 Å². The van der Waals surface area contributed by atoms with Crippen LogP contribution in [0.4, 0.5) is 0 Å². The van der Waals surface area contributed by atoms with Crippen LogP contribution in [0.3, 0.4) is 0 Å². The van der Waals surface area contributed by atoms with Crippen molar-refractivity contribution in [3.05, 3.63) is 91.0 Å². The Labute approximate surface area is 216 Å². The van der Waals surface area contributed by atoms with E-state index in [9.17, 15) is 5.11 Å². The molecule has 1 aromatic heterocycles. The van der Waals surface area contributed by atoms with Gasteiger partial charge in [-0.2, -0.15) is 0 Å². The minimum atomic E-state index is -0.935. The van der Waals surface area contributed by atoms with E-state index >= 15 is 0 Å². The van der Waals surface area contributed by atoms with Crippen molar-refractivity contribution in [2.75, 3.05) is 0 Å². The molecule has 6 rings (SSSR count). The molecule has 1 N–H and O–H groups in total. The summed E-state index contributed by atoms with van der Waals surface area (Å²) in [7, 11) is 0.458. The van der Waals surface area contributed by atoms with Gasteiger partial charge in [0.05, 0.1) is 11.2 Å². The first kappa shape index (κ1) is 23.2. The van der Waals surface area contributed by atoms with Crippen molar-refractivity contribution in [2.45, 2.75) is 38.9 Å². The second-order valence-electron chi connectivity index (χ2n) is 10.7. The van der Waals surface area contributed by atoms with Gasteiger partial charge in [-0.3, -0.25) is 0 Å². The van der Waals surface area contributed by atoms with E-state index in [2.05, 4.69) is 91.0 Å². The number of rotatable bonds is 5. The highest BCUT2D eigenvalue weighted by molar-refractivity contribution is 7.27. The zero-order valence-corrected chi connectivity index (χ0v) is 21.9. The fraction of sp³-hybridized carbons (Fsp3) is 0.188. The highest BCUT2D eigenvalue weighted by atomic mass is 32.1. The molecule has 0 amide bonds. The molecule has 0 spiro atoms. The molecule has 5 aromatic carbocycles. The number of hydrogen-bond acceptors (Lipinski definition) is 3. The van der Waals surface area contributed by atoms with Crippen molar-refractivity contribution in [2.24, 2.45) is 0 Å². The van der Waals surface area contributed by atoms with Crippen LogP contribution in [0.1, 0.15) is 27.7 Å². The molecule has 6 aromatic rings. The highest BCUT2D eigenvalue weighted by Crippen LogP contribution is 2.40. The van der Waals surface area contributed by atoms with Gasteiger partial charge in [-0.1, -0.05) is 78.9 Å². The summed E-state index contributed by atoms with van der Waals surface area (Å²) in [6.45, 7) is 7.48. The second-order valence-corrected chi connectivity index (χ2v) is 11.7. The number of aliphatic hydroxyl groups is 1. The summed E-state index contributed by atoms with van der Waals surface area (Å²) in [4.78, 5) is 0. The van der Waals surface area contributed by atoms with E-state index in [-0.39, 0.29) is 0 Å². The van der Waals surface area contributed by atoms with Crippen LogP contribution in [0, 0.1) is 0 Å². The van der Waals surface area contributed by atoms with Crippen molar-refractivity contribution in [3.8, 4) is 11.1 Å². The molecule has 0 aliphatic rings. The Balaban J connectivity index is 1.48. The van der Waals surface area contributed by atoms with Gasteiger partial charge in [0.15, 0.2) is 0 Å². The monoisotopic (exact) mass is 488 g/mol. The van der Waals surface area contributed by atoms with Crippen molar-refractivity contribution in [3.63, 3.8) is 0 Å². The van der Waals surface area contributed by atoms with Gasteiger partial charge in [-0.15, -0.1) is 11.3 Å². The number of benzene rings is 5. The average Bonchev–Trinajstić information content (AvgIpc) is 3.26. The Hall–Kier alpha value is -3.18. The zero-order chi connectivity index (χ0) is 25.1. The fourth-order valence-electron chi connectivity index (χ4n) is 4.88. The van der Waals surface area contributed by atoms with Crippen LogP contribution in [0.25, 0.3) is 52.8 Å². The van der Waals surface area contributed by atoms with Crippen LogP contribution in [0.2, 0.25) is 0 Å². The lowest BCUT2D eigenvalue weighted by molar-refractivity contribution is -0.0893. The topological polar surface area (TPSA) is 29.5 Å². The minimum absolute atomic E-state index is 0.458. The van der Waals surface area contributed by atoms with Gasteiger partial charge in [0.1, 0.15) is 0 Å². The average molecular weight is 488 g/mol. The molecule has 0 fully saturated rings. The Kier molecular flexibility index (Phi) is 5.45. The predicted octanol–water partition coefficient (Wildman–Crippen LogP) is 7.57. The third-order valence-electron chi connectivity index (χ3n) is 7.72. The largest absolute Gasteiger partial charge is 0.427 e. The van der Waals surface area contributed by atoms with E-state index in [1.165, 1.54) is 52.8 Å². The van der Waals surface area contributed by atoms with Crippen LogP contribution in [-0.2, 0) is 4.65 Å². The Morgan fingerprint density at radius 1 is 0.722 bits per heavy atom. The lowest BCUT2D eigenvalue weighted by Crippen LogP contribution is -2.49. The molecule has 36 heavy (non-hydrogen) atoms. The Morgan fingerprint density at radius 2 is 1.44 bits per heavy atom. The van der Waals surface area contributed by atoms with Crippen LogP contribution in [0.5, 0.6) is 0 Å². The summed E-state index contributed by atoms with van der Waals surface area (Å²) in [6, 6.07) is 32.9. The standard InChI is InChI=1S/C32H29BO2S/c1-31(2,34)32(3,4)35-33-27-13-7-12-26-29-25(11-8-14-28(29)36-30(26)27)22-17-18-24-21(19-22)16-15-20-9-5-6-10-23(20)24/h5-19,33-34H,1-4H3. The van der Waals surface area contributed by atoms with Crippen LogP contribution in [0.15, 0.2) is 91.0 Å². The van der Waals surface area contributed by atoms with Gasteiger partial charge < -0.3 is 9.76 Å². The molecule has 4 heteroatoms. The van der Waals surface area contributed by atoms with Crippen molar-refractivity contribution >= 4 is 66.0 Å². The third-order valence-corrected chi connectivity index (χ3v) is 8.97. The summed E-state index contributed by atoms with van der Waals surface area (Å²) in [5.74, 6) is 0. The summed E-state index contributed by atoms with van der Waals surface area (Å²) < 4.78 is 8.76. The SMILES string of the molecule is CC(C)(O)C(C)(C)OBc1cccc2c1sc1cccc(-c3ccc4c(ccc5ccccc54)c3)c12. The Morgan fingerprint density at radius 3 is 2.28 bits per heavy atom. The molecular formula is C32H29BO2S. The molecule has 0 aliphatic heterocycles. The summed E-state index contributed by atoms with van der Waals surface area (Å²) >= 11 is 1.82. The second kappa shape index (κ2) is 8.45. The fourth-order valence-corrected chi connectivity index (χ4v) is 6.10. The van der Waals surface area contributed by atoms with Gasteiger partial charge in [0, 0.05) is 20.2 Å². The van der Waals surface area contributed by atoms with Gasteiger partial charge >= 0.3 is 7.48 Å².